The Balaban J connectivity index is 0.00000200. The monoisotopic (exact) mass is 383 g/mol. The van der Waals surface area contributed by atoms with Gasteiger partial charge < -0.3 is 11.5 Å². The fraction of sp³-hybridized carbons (Fsp3) is 0.364. The minimum absolute atomic E-state index is 0. The highest BCUT2D eigenvalue weighted by Crippen LogP contribution is 2.24. The van der Waals surface area contributed by atoms with Crippen LogP contribution in [0.4, 0.5) is 0 Å². The minimum Gasteiger partial charge on any atom is -0.366 e. The van der Waals surface area contributed by atoms with E-state index in [2.05, 4.69) is 15.9 Å². The largest absolute Gasteiger partial charge is 0.366 e. The lowest BCUT2D eigenvalue weighted by molar-refractivity contribution is 0.1000. The first-order valence-corrected chi connectivity index (χ1v) is 7.90. The highest BCUT2D eigenvalue weighted by Gasteiger charge is 2.31. The summed E-state index contributed by atoms with van der Waals surface area (Å²) in [5, 5.41) is 0. The van der Waals surface area contributed by atoms with E-state index in [9.17, 15) is 13.2 Å². The molecule has 2 rings (SSSR count). The van der Waals surface area contributed by atoms with Crippen molar-refractivity contribution in [2.75, 3.05) is 13.1 Å². The number of nitrogens with two attached hydrogens (primary N) is 2. The van der Waals surface area contributed by atoms with E-state index in [0.717, 1.165) is 0 Å². The highest BCUT2D eigenvalue weighted by molar-refractivity contribution is 9.10. The van der Waals surface area contributed by atoms with Crippen LogP contribution in [0.15, 0.2) is 27.6 Å². The molecule has 1 aromatic carbocycles. The van der Waals surface area contributed by atoms with Gasteiger partial charge in [-0.3, -0.25) is 4.79 Å². The Hall–Kier alpha value is -0.670. The number of sulfonamides is 1. The van der Waals surface area contributed by atoms with Gasteiger partial charge in [0.15, 0.2) is 0 Å². The molecule has 1 aromatic rings. The Labute approximate surface area is 132 Å². The molecule has 0 bridgehead atoms. The van der Waals surface area contributed by atoms with Gasteiger partial charge in [-0.15, -0.1) is 12.4 Å². The van der Waals surface area contributed by atoms with Crippen molar-refractivity contribution in [3.05, 3.63) is 28.2 Å². The molecular formula is C11H15BrClN3O3S. The molecule has 0 radical (unpaired) electrons. The molecule has 9 heteroatoms. The van der Waals surface area contributed by atoms with Gasteiger partial charge in [0, 0.05) is 29.2 Å². The number of hydrogen-bond acceptors (Lipinski definition) is 4. The van der Waals surface area contributed by atoms with E-state index >= 15 is 0 Å². The molecule has 1 saturated heterocycles. The average Bonchev–Trinajstić information content (AvgIpc) is 2.75. The first-order valence-electron chi connectivity index (χ1n) is 5.67. The molecule has 0 spiro atoms. The van der Waals surface area contributed by atoms with Crippen molar-refractivity contribution in [1.29, 1.82) is 0 Å². The summed E-state index contributed by atoms with van der Waals surface area (Å²) < 4.78 is 26.6. The Morgan fingerprint density at radius 1 is 1.35 bits per heavy atom. The van der Waals surface area contributed by atoms with Gasteiger partial charge in [-0.1, -0.05) is 15.9 Å². The Morgan fingerprint density at radius 3 is 2.50 bits per heavy atom. The summed E-state index contributed by atoms with van der Waals surface area (Å²) in [5.41, 5.74) is 11.1. The zero-order valence-electron chi connectivity index (χ0n) is 10.5. The van der Waals surface area contributed by atoms with Crippen LogP contribution in [0.5, 0.6) is 0 Å². The van der Waals surface area contributed by atoms with Gasteiger partial charge in [0.2, 0.25) is 15.9 Å². The molecular weight excluding hydrogens is 370 g/mol. The van der Waals surface area contributed by atoms with Crippen LogP contribution in [0.1, 0.15) is 16.8 Å². The molecule has 1 amide bonds. The maximum atomic E-state index is 12.4. The maximum absolute atomic E-state index is 12.4. The minimum atomic E-state index is -3.63. The van der Waals surface area contributed by atoms with E-state index in [1.807, 2.05) is 0 Å². The summed E-state index contributed by atoms with van der Waals surface area (Å²) in [6.07, 6.45) is 0.635. The van der Waals surface area contributed by atoms with Crippen LogP contribution >= 0.6 is 28.3 Å². The summed E-state index contributed by atoms with van der Waals surface area (Å²) in [4.78, 5) is 11.2. The fourth-order valence-corrected chi connectivity index (χ4v) is 4.20. The Bertz CT molecular complexity index is 623. The molecule has 1 atom stereocenters. The quantitative estimate of drug-likeness (QED) is 0.799. The number of primary amides is 1. The molecule has 0 aromatic heterocycles. The van der Waals surface area contributed by atoms with Crippen molar-refractivity contribution in [2.45, 2.75) is 17.4 Å². The molecule has 6 nitrogen and oxygen atoms in total. The van der Waals surface area contributed by atoms with E-state index in [0.29, 0.717) is 24.0 Å². The molecule has 0 unspecified atom stereocenters. The van der Waals surface area contributed by atoms with E-state index in [1.165, 1.54) is 22.5 Å². The summed E-state index contributed by atoms with van der Waals surface area (Å²) in [7, 11) is -3.63. The third-order valence-electron chi connectivity index (χ3n) is 2.98. The molecule has 1 heterocycles. The van der Waals surface area contributed by atoms with E-state index < -0.39 is 15.9 Å². The lowest BCUT2D eigenvalue weighted by Crippen LogP contribution is -2.32. The topological polar surface area (TPSA) is 106 Å². The van der Waals surface area contributed by atoms with Crippen molar-refractivity contribution in [3.8, 4) is 0 Å². The van der Waals surface area contributed by atoms with Crippen LogP contribution in [0.3, 0.4) is 0 Å². The van der Waals surface area contributed by atoms with Crippen LogP contribution in [0.25, 0.3) is 0 Å². The number of rotatable bonds is 3. The van der Waals surface area contributed by atoms with Gasteiger partial charge in [-0.25, -0.2) is 8.42 Å². The second kappa shape index (κ2) is 6.40. The number of carbonyl (C=O) groups is 1. The molecule has 0 aliphatic carbocycles. The van der Waals surface area contributed by atoms with Crippen LogP contribution < -0.4 is 11.5 Å². The van der Waals surface area contributed by atoms with Crippen LogP contribution in [-0.4, -0.2) is 37.8 Å². The summed E-state index contributed by atoms with van der Waals surface area (Å²) in [6, 6.07) is 4.08. The predicted octanol–water partition coefficient (Wildman–Crippen LogP) is 0.692. The zero-order valence-corrected chi connectivity index (χ0v) is 13.7. The summed E-state index contributed by atoms with van der Waals surface area (Å²) in [5.74, 6) is -0.670. The summed E-state index contributed by atoms with van der Waals surface area (Å²) in [6.45, 7) is 0.683. The normalized spacial score (nSPS) is 19.6. The maximum Gasteiger partial charge on any atom is 0.248 e. The average molecular weight is 385 g/mol. The van der Waals surface area contributed by atoms with Crippen molar-refractivity contribution in [2.24, 2.45) is 11.5 Å². The van der Waals surface area contributed by atoms with E-state index in [4.69, 9.17) is 11.5 Å². The van der Waals surface area contributed by atoms with Gasteiger partial charge in [-0.05, 0) is 24.6 Å². The molecule has 1 aliphatic heterocycles. The predicted molar refractivity (Wildman–Crippen MR) is 81.3 cm³/mol. The van der Waals surface area contributed by atoms with Gasteiger partial charge in [0.05, 0.1) is 4.90 Å². The Kier molecular flexibility index (Phi) is 5.56. The smallest absolute Gasteiger partial charge is 0.248 e. The molecule has 4 N–H and O–H groups in total. The number of nitrogens with zero attached hydrogens (tertiary/aromatic N) is 1. The van der Waals surface area contributed by atoms with Crippen LogP contribution in [0, 0.1) is 0 Å². The lowest BCUT2D eigenvalue weighted by Gasteiger charge is -2.16. The zero-order chi connectivity index (χ0) is 14.2. The van der Waals surface area contributed by atoms with Crippen molar-refractivity contribution in [3.63, 3.8) is 0 Å². The Morgan fingerprint density at radius 2 is 2.00 bits per heavy atom. The molecule has 112 valence electrons. The van der Waals surface area contributed by atoms with Crippen LogP contribution in [0.2, 0.25) is 0 Å². The lowest BCUT2D eigenvalue weighted by atomic mass is 10.2. The molecule has 1 fully saturated rings. The molecule has 1 aliphatic rings. The first-order chi connectivity index (χ1) is 8.80. The number of hydrogen-bond donors (Lipinski definition) is 2. The van der Waals surface area contributed by atoms with Crippen LogP contribution in [-0.2, 0) is 10.0 Å². The van der Waals surface area contributed by atoms with Crippen molar-refractivity contribution < 1.29 is 13.2 Å². The van der Waals surface area contributed by atoms with E-state index in [1.54, 1.807) is 0 Å². The number of carbonyl (C=O) groups excluding carboxylic acids is 1. The second-order valence-electron chi connectivity index (χ2n) is 4.45. The fourth-order valence-electron chi connectivity index (χ4n) is 1.98. The van der Waals surface area contributed by atoms with Gasteiger partial charge in [0.25, 0.3) is 0 Å². The number of benzene rings is 1. The van der Waals surface area contributed by atoms with Gasteiger partial charge >= 0.3 is 0 Å². The third-order valence-corrected chi connectivity index (χ3v) is 5.28. The molecule has 0 saturated carbocycles. The third kappa shape index (κ3) is 3.50. The van der Waals surface area contributed by atoms with Gasteiger partial charge in [-0.2, -0.15) is 4.31 Å². The highest BCUT2D eigenvalue weighted by atomic mass is 79.9. The standard InChI is InChI=1S/C11H14BrN3O3S.ClH/c12-8-3-7(11(14)16)4-10(5-8)19(17,18)15-2-1-9(13)6-15;/h3-5,9H,1-2,6,13H2,(H2,14,16);1H/t9-;/m0./s1. The van der Waals surface area contributed by atoms with Gasteiger partial charge in [0.1, 0.15) is 0 Å². The van der Waals surface area contributed by atoms with E-state index in [-0.39, 0.29) is 28.9 Å². The number of halogens is 2. The second-order valence-corrected chi connectivity index (χ2v) is 7.31. The first kappa shape index (κ1) is 17.4. The van der Waals surface area contributed by atoms with Crippen molar-refractivity contribution in [1.82, 2.24) is 4.31 Å². The SMILES string of the molecule is Cl.NC(=O)c1cc(Br)cc(S(=O)(=O)N2CC[C@H](N)C2)c1. The van der Waals surface area contributed by atoms with Crippen molar-refractivity contribution >= 4 is 44.3 Å². The number of amides is 1. The summed E-state index contributed by atoms with van der Waals surface area (Å²) >= 11 is 3.18. The molecule has 20 heavy (non-hydrogen) atoms.